The molecule has 1 aliphatic heterocycles. The number of rotatable bonds is 15. The predicted octanol–water partition coefficient (Wildman–Crippen LogP) is 4.46. The van der Waals surface area contributed by atoms with Gasteiger partial charge in [-0.25, -0.2) is 4.79 Å². The number of piperidine rings is 1. The highest BCUT2D eigenvalue weighted by molar-refractivity contribution is 5.94. The number of carbonyl (C=O) groups excluding carboxylic acids is 3. The van der Waals surface area contributed by atoms with Crippen molar-refractivity contribution in [2.75, 3.05) is 53.1 Å². The SMILES string of the molecule is CCOc1cc(OC)ccc1CN(CC(=O)N1CCCC(c2cccc(C(=O)NCCOCCC(=O)O)c2)C1)C(=O)OC(C)(C)C. The number of hydrogen-bond acceptors (Lipinski definition) is 8. The van der Waals surface area contributed by atoms with Crippen LogP contribution in [0.3, 0.4) is 0 Å². The van der Waals surface area contributed by atoms with Gasteiger partial charge >= 0.3 is 12.1 Å². The second-order valence-electron chi connectivity index (χ2n) is 12.1. The van der Waals surface area contributed by atoms with Gasteiger partial charge in [0.2, 0.25) is 5.91 Å². The van der Waals surface area contributed by atoms with E-state index < -0.39 is 17.7 Å². The normalized spacial score (nSPS) is 14.7. The molecule has 46 heavy (non-hydrogen) atoms. The lowest BCUT2D eigenvalue weighted by Gasteiger charge is -2.35. The van der Waals surface area contributed by atoms with Gasteiger partial charge in [-0.2, -0.15) is 0 Å². The number of benzene rings is 2. The van der Waals surface area contributed by atoms with Crippen molar-refractivity contribution in [3.05, 3.63) is 59.2 Å². The largest absolute Gasteiger partial charge is 0.497 e. The molecule has 3 amide bonds. The molecule has 12 heteroatoms. The minimum Gasteiger partial charge on any atom is -0.497 e. The summed E-state index contributed by atoms with van der Waals surface area (Å²) in [6.45, 7) is 9.15. The summed E-state index contributed by atoms with van der Waals surface area (Å²) in [6, 6.07) is 12.7. The highest BCUT2D eigenvalue weighted by Crippen LogP contribution is 2.29. The van der Waals surface area contributed by atoms with Crippen LogP contribution >= 0.6 is 0 Å². The average molecular weight is 642 g/mol. The van der Waals surface area contributed by atoms with Crippen molar-refractivity contribution >= 4 is 23.9 Å². The van der Waals surface area contributed by atoms with Gasteiger partial charge in [-0.05, 0) is 70.4 Å². The molecule has 2 aromatic rings. The van der Waals surface area contributed by atoms with E-state index in [0.29, 0.717) is 36.8 Å². The Kier molecular flexibility index (Phi) is 13.7. The first kappa shape index (κ1) is 36.2. The van der Waals surface area contributed by atoms with E-state index in [0.717, 1.165) is 24.0 Å². The summed E-state index contributed by atoms with van der Waals surface area (Å²) < 4.78 is 22.0. The molecule has 1 saturated heterocycles. The monoisotopic (exact) mass is 641 g/mol. The third-order valence-corrected chi connectivity index (χ3v) is 7.30. The lowest BCUT2D eigenvalue weighted by atomic mass is 9.89. The van der Waals surface area contributed by atoms with Crippen LogP contribution in [0.15, 0.2) is 42.5 Å². The molecule has 0 aromatic heterocycles. The first-order chi connectivity index (χ1) is 21.9. The van der Waals surface area contributed by atoms with Crippen LogP contribution in [0, 0.1) is 0 Å². The van der Waals surface area contributed by atoms with Crippen molar-refractivity contribution in [2.45, 2.75) is 65.0 Å². The predicted molar refractivity (Wildman–Crippen MR) is 171 cm³/mol. The van der Waals surface area contributed by atoms with Crippen LogP contribution in [-0.2, 0) is 25.6 Å². The fraction of sp³-hybridized carbons (Fsp3) is 0.529. The molecule has 252 valence electrons. The molecule has 2 N–H and O–H groups in total. The summed E-state index contributed by atoms with van der Waals surface area (Å²) in [4.78, 5) is 53.5. The van der Waals surface area contributed by atoms with Gasteiger partial charge in [0, 0.05) is 42.7 Å². The summed E-state index contributed by atoms with van der Waals surface area (Å²) in [5.41, 5.74) is 1.42. The molecule has 0 aliphatic carbocycles. The van der Waals surface area contributed by atoms with E-state index in [2.05, 4.69) is 5.32 Å². The fourth-order valence-corrected chi connectivity index (χ4v) is 5.07. The zero-order valence-electron chi connectivity index (χ0n) is 27.5. The summed E-state index contributed by atoms with van der Waals surface area (Å²) in [5, 5.41) is 11.5. The summed E-state index contributed by atoms with van der Waals surface area (Å²) in [5.74, 6) is -0.186. The van der Waals surface area contributed by atoms with Crippen LogP contribution in [0.2, 0.25) is 0 Å². The highest BCUT2D eigenvalue weighted by Gasteiger charge is 2.30. The number of aliphatic carboxylic acids is 1. The van der Waals surface area contributed by atoms with E-state index >= 15 is 0 Å². The maximum Gasteiger partial charge on any atom is 0.411 e. The zero-order chi connectivity index (χ0) is 33.7. The molecule has 1 heterocycles. The van der Waals surface area contributed by atoms with Crippen molar-refractivity contribution in [1.82, 2.24) is 15.1 Å². The van der Waals surface area contributed by atoms with Gasteiger partial charge in [0.05, 0.1) is 39.9 Å². The number of amides is 3. The van der Waals surface area contributed by atoms with Crippen molar-refractivity contribution in [1.29, 1.82) is 0 Å². The van der Waals surface area contributed by atoms with Crippen molar-refractivity contribution in [2.24, 2.45) is 0 Å². The fourth-order valence-electron chi connectivity index (χ4n) is 5.07. The molecule has 3 rings (SSSR count). The number of carbonyl (C=O) groups is 4. The lowest BCUT2D eigenvalue weighted by Crippen LogP contribution is -2.47. The molecule has 0 bridgehead atoms. The Morgan fingerprint density at radius 3 is 2.57 bits per heavy atom. The molecule has 1 unspecified atom stereocenters. The molecule has 2 aromatic carbocycles. The van der Waals surface area contributed by atoms with Gasteiger partial charge in [-0.3, -0.25) is 19.3 Å². The van der Waals surface area contributed by atoms with E-state index in [1.54, 1.807) is 51.0 Å². The Morgan fingerprint density at radius 1 is 1.09 bits per heavy atom. The molecule has 1 fully saturated rings. The number of nitrogens with zero attached hydrogens (tertiary/aromatic N) is 2. The second-order valence-corrected chi connectivity index (χ2v) is 12.1. The number of carboxylic acid groups (broad SMARTS) is 1. The number of carboxylic acids is 1. The van der Waals surface area contributed by atoms with Crippen LogP contribution in [0.4, 0.5) is 4.79 Å². The maximum atomic E-state index is 13.7. The van der Waals surface area contributed by atoms with Crippen LogP contribution in [0.25, 0.3) is 0 Å². The summed E-state index contributed by atoms with van der Waals surface area (Å²) in [6.07, 6.45) is 0.942. The zero-order valence-corrected chi connectivity index (χ0v) is 27.5. The second kappa shape index (κ2) is 17.4. The van der Waals surface area contributed by atoms with E-state index in [-0.39, 0.29) is 57.0 Å². The molecule has 0 spiro atoms. The Bertz CT molecular complexity index is 1340. The molecule has 1 atom stereocenters. The highest BCUT2D eigenvalue weighted by atomic mass is 16.6. The molecule has 0 saturated carbocycles. The van der Waals surface area contributed by atoms with E-state index in [1.807, 2.05) is 31.2 Å². The third-order valence-electron chi connectivity index (χ3n) is 7.30. The van der Waals surface area contributed by atoms with E-state index in [9.17, 15) is 19.2 Å². The van der Waals surface area contributed by atoms with Gasteiger partial charge in [0.15, 0.2) is 0 Å². The quantitative estimate of drug-likeness (QED) is 0.270. The smallest absolute Gasteiger partial charge is 0.411 e. The Hall–Kier alpha value is -4.32. The Balaban J connectivity index is 1.68. The number of ether oxygens (including phenoxy) is 4. The first-order valence-electron chi connectivity index (χ1n) is 15.6. The number of methoxy groups -OCH3 is 1. The van der Waals surface area contributed by atoms with Crippen LogP contribution < -0.4 is 14.8 Å². The van der Waals surface area contributed by atoms with Crippen molar-refractivity contribution in [3.63, 3.8) is 0 Å². The van der Waals surface area contributed by atoms with Crippen LogP contribution in [0.5, 0.6) is 11.5 Å². The third kappa shape index (κ3) is 11.6. The molecule has 0 radical (unpaired) electrons. The molecular formula is C34H47N3O9. The van der Waals surface area contributed by atoms with Crippen molar-refractivity contribution < 1.29 is 43.2 Å². The number of likely N-dealkylation sites (tertiary alicyclic amines) is 1. The summed E-state index contributed by atoms with van der Waals surface area (Å²) in [7, 11) is 1.57. The number of hydrogen-bond donors (Lipinski definition) is 2. The first-order valence-corrected chi connectivity index (χ1v) is 15.6. The minimum absolute atomic E-state index is 0.0194. The van der Waals surface area contributed by atoms with Gasteiger partial charge in [-0.15, -0.1) is 0 Å². The lowest BCUT2D eigenvalue weighted by molar-refractivity contribution is -0.138. The number of nitrogens with one attached hydrogen (secondary N) is 1. The molecular weight excluding hydrogens is 594 g/mol. The maximum absolute atomic E-state index is 13.7. The topological polar surface area (TPSA) is 144 Å². The summed E-state index contributed by atoms with van der Waals surface area (Å²) >= 11 is 0. The average Bonchev–Trinajstić information content (AvgIpc) is 3.02. The van der Waals surface area contributed by atoms with Gasteiger partial charge < -0.3 is 34.3 Å². The van der Waals surface area contributed by atoms with E-state index in [4.69, 9.17) is 24.1 Å². The molecule has 1 aliphatic rings. The Morgan fingerprint density at radius 2 is 1.87 bits per heavy atom. The van der Waals surface area contributed by atoms with Gasteiger partial charge in [0.25, 0.3) is 5.91 Å². The van der Waals surface area contributed by atoms with Gasteiger partial charge in [0.1, 0.15) is 23.6 Å². The van der Waals surface area contributed by atoms with Crippen LogP contribution in [-0.4, -0.2) is 97.5 Å². The molecule has 12 nitrogen and oxygen atoms in total. The standard InChI is InChI=1S/C34H47N3O9/c1-6-45-29-20-28(43-5)13-12-27(29)22-37(33(42)46-34(2,3)4)23-30(38)36-16-8-11-26(21-36)24-9-7-10-25(19-24)32(41)35-15-18-44-17-14-31(39)40/h7,9-10,12-13,19-20,26H,6,8,11,14-18,21-23H2,1-5H3,(H,35,41)(H,39,40). The van der Waals surface area contributed by atoms with Gasteiger partial charge in [-0.1, -0.05) is 12.1 Å². The Labute approximate surface area is 270 Å². The van der Waals surface area contributed by atoms with Crippen molar-refractivity contribution in [3.8, 4) is 11.5 Å². The van der Waals surface area contributed by atoms with Crippen LogP contribution in [0.1, 0.15) is 74.4 Å². The van der Waals surface area contributed by atoms with E-state index in [1.165, 1.54) is 4.90 Å². The minimum atomic E-state index is -0.936.